The Hall–Kier alpha value is -1.83. The second-order valence-corrected chi connectivity index (χ2v) is 3.90. The number of hydrogen-bond acceptors (Lipinski definition) is 6. The van der Waals surface area contributed by atoms with Crippen LogP contribution in [0.15, 0.2) is 0 Å². The number of hydrogen-bond donors (Lipinski definition) is 3. The number of amides is 2. The fraction of sp³-hybridized carbons (Fsp3) is 0.769. The largest absolute Gasteiger partial charge is 0.466 e. The van der Waals surface area contributed by atoms with Gasteiger partial charge in [0.05, 0.1) is 13.2 Å². The molecule has 0 spiro atoms. The second-order valence-electron chi connectivity index (χ2n) is 3.90. The number of nitrogens with two attached hydrogens (primary N) is 2. The van der Waals surface area contributed by atoms with Crippen molar-refractivity contribution in [3.63, 3.8) is 0 Å². The highest BCUT2D eigenvalue weighted by Gasteiger charge is 2.00. The summed E-state index contributed by atoms with van der Waals surface area (Å²) in [5.74, 6) is -0.397. The highest BCUT2D eigenvalue weighted by atomic mass is 16.5. The summed E-state index contributed by atoms with van der Waals surface area (Å²) in [7, 11) is 0. The van der Waals surface area contributed by atoms with Gasteiger partial charge in [0.15, 0.2) is 0 Å². The standard InChI is InChI=1S/C7H14N2O3.C6H13NO2/c1-2-12-6(10)4-3-5-9-7(8)11;1-2-9-6(8)4-3-5-7/h2-5H2,1H3,(H3,8,9,11);2-5,7H2,1H3. The molecule has 0 aliphatic carbocycles. The van der Waals surface area contributed by atoms with E-state index in [2.05, 4.69) is 14.8 Å². The van der Waals surface area contributed by atoms with Crippen LogP contribution in [0.25, 0.3) is 0 Å². The number of carbonyl (C=O) groups excluding carboxylic acids is 3. The summed E-state index contributed by atoms with van der Waals surface area (Å²) in [6.45, 7) is 5.36. The number of carbonyl (C=O) groups is 3. The van der Waals surface area contributed by atoms with Gasteiger partial charge in [-0.2, -0.15) is 0 Å². The van der Waals surface area contributed by atoms with E-state index >= 15 is 0 Å². The average Bonchev–Trinajstić information content (AvgIpc) is 2.42. The van der Waals surface area contributed by atoms with E-state index in [0.29, 0.717) is 45.6 Å². The summed E-state index contributed by atoms with van der Waals surface area (Å²) in [6, 6.07) is -0.571. The van der Waals surface area contributed by atoms with E-state index in [0.717, 1.165) is 6.42 Å². The first-order valence-electron chi connectivity index (χ1n) is 7.02. The first-order valence-corrected chi connectivity index (χ1v) is 7.02. The molecule has 0 rings (SSSR count). The summed E-state index contributed by atoms with van der Waals surface area (Å²) in [5, 5.41) is 2.37. The molecular formula is C13H27N3O5. The fourth-order valence-corrected chi connectivity index (χ4v) is 1.16. The van der Waals surface area contributed by atoms with Crippen LogP contribution in [0.3, 0.4) is 0 Å². The van der Waals surface area contributed by atoms with Gasteiger partial charge in [0.25, 0.3) is 0 Å². The van der Waals surface area contributed by atoms with E-state index in [-0.39, 0.29) is 11.9 Å². The lowest BCUT2D eigenvalue weighted by molar-refractivity contribution is -0.144. The zero-order valence-corrected chi connectivity index (χ0v) is 12.9. The highest BCUT2D eigenvalue weighted by Crippen LogP contribution is 1.90. The van der Waals surface area contributed by atoms with Crippen molar-refractivity contribution in [2.24, 2.45) is 11.5 Å². The molecule has 0 bridgehead atoms. The molecule has 0 aromatic heterocycles. The second kappa shape index (κ2) is 16.2. The molecule has 0 atom stereocenters. The number of primary amides is 1. The number of nitrogens with one attached hydrogen (secondary N) is 1. The minimum absolute atomic E-state index is 0.150. The molecule has 0 aromatic rings. The average molecular weight is 305 g/mol. The van der Waals surface area contributed by atoms with E-state index in [4.69, 9.17) is 11.5 Å². The SMILES string of the molecule is CCOC(=O)CCCN.CCOC(=O)CCCNC(N)=O. The molecule has 0 fully saturated rings. The van der Waals surface area contributed by atoms with Gasteiger partial charge in [-0.15, -0.1) is 0 Å². The molecule has 0 unspecified atom stereocenters. The minimum Gasteiger partial charge on any atom is -0.466 e. The molecule has 0 saturated carbocycles. The maximum absolute atomic E-state index is 10.7. The van der Waals surface area contributed by atoms with Crippen molar-refractivity contribution in [3.05, 3.63) is 0 Å². The zero-order chi connectivity index (χ0) is 16.5. The molecule has 8 nitrogen and oxygen atoms in total. The lowest BCUT2D eigenvalue weighted by atomic mass is 10.3. The van der Waals surface area contributed by atoms with E-state index < -0.39 is 6.03 Å². The van der Waals surface area contributed by atoms with Crippen molar-refractivity contribution in [2.75, 3.05) is 26.3 Å². The van der Waals surface area contributed by atoms with E-state index in [9.17, 15) is 14.4 Å². The van der Waals surface area contributed by atoms with Gasteiger partial charge in [-0.3, -0.25) is 9.59 Å². The van der Waals surface area contributed by atoms with Gasteiger partial charge < -0.3 is 26.3 Å². The van der Waals surface area contributed by atoms with Gasteiger partial charge in [-0.1, -0.05) is 0 Å². The van der Waals surface area contributed by atoms with Crippen LogP contribution in [0.1, 0.15) is 39.5 Å². The van der Waals surface area contributed by atoms with Gasteiger partial charge >= 0.3 is 18.0 Å². The molecule has 2 amide bonds. The van der Waals surface area contributed by atoms with Crippen molar-refractivity contribution in [1.29, 1.82) is 0 Å². The monoisotopic (exact) mass is 305 g/mol. The van der Waals surface area contributed by atoms with E-state index in [1.165, 1.54) is 0 Å². The van der Waals surface area contributed by atoms with E-state index in [1.807, 2.05) is 0 Å². The fourth-order valence-electron chi connectivity index (χ4n) is 1.16. The van der Waals surface area contributed by atoms with Crippen LogP contribution in [-0.2, 0) is 19.1 Å². The smallest absolute Gasteiger partial charge is 0.312 e. The summed E-state index contributed by atoms with van der Waals surface area (Å²) in [5.41, 5.74) is 9.97. The van der Waals surface area contributed by atoms with Crippen LogP contribution in [0, 0.1) is 0 Å². The Balaban J connectivity index is 0. The van der Waals surface area contributed by atoms with Crippen molar-refractivity contribution in [2.45, 2.75) is 39.5 Å². The van der Waals surface area contributed by atoms with Crippen LogP contribution < -0.4 is 16.8 Å². The van der Waals surface area contributed by atoms with Crippen molar-refractivity contribution >= 4 is 18.0 Å². The molecule has 0 saturated heterocycles. The van der Waals surface area contributed by atoms with Crippen LogP contribution in [0.2, 0.25) is 0 Å². The molecule has 21 heavy (non-hydrogen) atoms. The first-order chi connectivity index (χ1) is 9.97. The Morgan fingerprint density at radius 1 is 0.952 bits per heavy atom. The van der Waals surface area contributed by atoms with Gasteiger partial charge in [-0.05, 0) is 33.2 Å². The third-order valence-corrected chi connectivity index (χ3v) is 2.05. The topological polar surface area (TPSA) is 134 Å². The third-order valence-electron chi connectivity index (χ3n) is 2.05. The van der Waals surface area contributed by atoms with Gasteiger partial charge in [0.2, 0.25) is 0 Å². The normalized spacial score (nSPS) is 9.10. The Bertz CT molecular complexity index is 298. The molecular weight excluding hydrogens is 278 g/mol. The van der Waals surface area contributed by atoms with Crippen LogP contribution in [0.5, 0.6) is 0 Å². The number of rotatable bonds is 9. The Labute approximate surface area is 125 Å². The van der Waals surface area contributed by atoms with Crippen LogP contribution in [-0.4, -0.2) is 44.3 Å². The molecule has 8 heteroatoms. The molecule has 0 heterocycles. The van der Waals surface area contributed by atoms with Crippen molar-refractivity contribution in [3.8, 4) is 0 Å². The van der Waals surface area contributed by atoms with Crippen LogP contribution >= 0.6 is 0 Å². The summed E-state index contributed by atoms with van der Waals surface area (Å²) < 4.78 is 9.32. The maximum atomic E-state index is 10.7. The molecule has 0 radical (unpaired) electrons. The Morgan fingerprint density at radius 3 is 1.81 bits per heavy atom. The Morgan fingerprint density at radius 2 is 1.43 bits per heavy atom. The maximum Gasteiger partial charge on any atom is 0.312 e. The van der Waals surface area contributed by atoms with Gasteiger partial charge in [0, 0.05) is 19.4 Å². The summed E-state index contributed by atoms with van der Waals surface area (Å²) in [6.07, 6.45) is 2.04. The molecule has 0 aliphatic rings. The zero-order valence-electron chi connectivity index (χ0n) is 12.9. The van der Waals surface area contributed by atoms with E-state index in [1.54, 1.807) is 13.8 Å². The van der Waals surface area contributed by atoms with Crippen molar-refractivity contribution in [1.82, 2.24) is 5.32 Å². The summed E-state index contributed by atoms with van der Waals surface area (Å²) in [4.78, 5) is 31.4. The lowest BCUT2D eigenvalue weighted by Gasteiger charge is -2.01. The predicted molar refractivity (Wildman–Crippen MR) is 78.4 cm³/mol. The minimum atomic E-state index is -0.571. The first kappa shape index (κ1) is 21.5. The quantitative estimate of drug-likeness (QED) is 0.414. The van der Waals surface area contributed by atoms with Gasteiger partial charge in [-0.25, -0.2) is 4.79 Å². The molecule has 5 N–H and O–H groups in total. The molecule has 0 aromatic carbocycles. The number of urea groups is 1. The number of ether oxygens (including phenoxy) is 2. The third kappa shape index (κ3) is 20.6. The van der Waals surface area contributed by atoms with Gasteiger partial charge in [0.1, 0.15) is 0 Å². The molecule has 0 aliphatic heterocycles. The highest BCUT2D eigenvalue weighted by molar-refractivity contribution is 5.72. The molecule has 124 valence electrons. The lowest BCUT2D eigenvalue weighted by Crippen LogP contribution is -2.30. The Kier molecular flexibility index (Phi) is 16.6. The summed E-state index contributed by atoms with van der Waals surface area (Å²) >= 11 is 0. The van der Waals surface area contributed by atoms with Crippen LogP contribution in [0.4, 0.5) is 4.79 Å². The number of esters is 2. The predicted octanol–water partition coefficient (Wildman–Crippen LogP) is 0.286. The van der Waals surface area contributed by atoms with Crippen molar-refractivity contribution < 1.29 is 23.9 Å².